The van der Waals surface area contributed by atoms with Gasteiger partial charge in [0.05, 0.1) is 27.4 Å². The average Bonchev–Trinajstić information content (AvgIpc) is 2.66. The van der Waals surface area contributed by atoms with E-state index >= 15 is 0 Å². The van der Waals surface area contributed by atoms with Crippen molar-refractivity contribution in [2.75, 3.05) is 39.2 Å². The van der Waals surface area contributed by atoms with Gasteiger partial charge < -0.3 is 24.8 Å². The van der Waals surface area contributed by atoms with Gasteiger partial charge in [-0.15, -0.1) is 0 Å². The Balaban J connectivity index is 1.73. The smallest absolute Gasteiger partial charge is 0.238 e. The fourth-order valence-corrected chi connectivity index (χ4v) is 2.48. The van der Waals surface area contributed by atoms with E-state index in [4.69, 9.17) is 14.2 Å². The van der Waals surface area contributed by atoms with Crippen molar-refractivity contribution in [2.24, 2.45) is 0 Å². The molecule has 2 aromatic rings. The lowest BCUT2D eigenvalue weighted by atomic mass is 10.1. The largest absolute Gasteiger partial charge is 0.494 e. The van der Waals surface area contributed by atoms with Crippen molar-refractivity contribution >= 4 is 11.6 Å². The Morgan fingerprint density at radius 2 is 1.73 bits per heavy atom. The maximum absolute atomic E-state index is 12.0. The molecule has 140 valence electrons. The highest BCUT2D eigenvalue weighted by Crippen LogP contribution is 2.27. The Morgan fingerprint density at radius 1 is 1.00 bits per heavy atom. The summed E-state index contributed by atoms with van der Waals surface area (Å²) in [7, 11) is 3.23. The third-order valence-electron chi connectivity index (χ3n) is 3.77. The van der Waals surface area contributed by atoms with Crippen molar-refractivity contribution in [1.29, 1.82) is 0 Å². The minimum absolute atomic E-state index is 0.0820. The maximum Gasteiger partial charge on any atom is 0.238 e. The topological polar surface area (TPSA) is 68.8 Å². The molecule has 0 aromatic heterocycles. The number of hydrogen-bond donors (Lipinski definition) is 2. The minimum atomic E-state index is -0.0820. The molecule has 1 amide bonds. The van der Waals surface area contributed by atoms with Crippen LogP contribution >= 0.6 is 0 Å². The summed E-state index contributed by atoms with van der Waals surface area (Å²) in [6.45, 7) is 3.49. The first-order valence-corrected chi connectivity index (χ1v) is 8.60. The van der Waals surface area contributed by atoms with Crippen molar-refractivity contribution < 1.29 is 19.0 Å². The first kappa shape index (κ1) is 19.6. The Hall–Kier alpha value is -2.73. The molecule has 26 heavy (non-hydrogen) atoms. The number of carbonyl (C=O) groups is 1. The minimum Gasteiger partial charge on any atom is -0.494 e. The summed E-state index contributed by atoms with van der Waals surface area (Å²) in [5.41, 5.74) is 1.86. The van der Waals surface area contributed by atoms with Crippen LogP contribution in [-0.2, 0) is 11.2 Å². The highest BCUT2D eigenvalue weighted by atomic mass is 16.5. The number of benzene rings is 2. The standard InChI is InChI=1S/C20H26N2O4/c1-4-26-17-8-6-16(7-9-17)22-20(23)14-21-12-11-15-5-10-18(24-2)19(13-15)25-3/h5-10,13,21H,4,11-12,14H2,1-3H3,(H,22,23). The highest BCUT2D eigenvalue weighted by molar-refractivity contribution is 5.92. The van der Waals surface area contributed by atoms with Gasteiger partial charge in [-0.3, -0.25) is 4.79 Å². The summed E-state index contributed by atoms with van der Waals surface area (Å²) in [6, 6.07) is 13.1. The molecule has 0 unspecified atom stereocenters. The average molecular weight is 358 g/mol. The zero-order valence-electron chi connectivity index (χ0n) is 15.5. The highest BCUT2D eigenvalue weighted by Gasteiger charge is 2.05. The Morgan fingerprint density at radius 3 is 2.38 bits per heavy atom. The van der Waals surface area contributed by atoms with Gasteiger partial charge in [-0.2, -0.15) is 0 Å². The molecular weight excluding hydrogens is 332 g/mol. The maximum atomic E-state index is 12.0. The van der Waals surface area contributed by atoms with E-state index in [0.717, 1.165) is 23.4 Å². The number of ether oxygens (including phenoxy) is 3. The molecule has 2 aromatic carbocycles. The number of carbonyl (C=O) groups excluding carboxylic acids is 1. The molecule has 0 aliphatic rings. The summed E-state index contributed by atoms with van der Waals surface area (Å²) in [5, 5.41) is 5.99. The molecular formula is C20H26N2O4. The van der Waals surface area contributed by atoms with Crippen LogP contribution in [0.15, 0.2) is 42.5 Å². The van der Waals surface area contributed by atoms with Crippen LogP contribution in [0, 0.1) is 0 Å². The normalized spacial score (nSPS) is 10.3. The van der Waals surface area contributed by atoms with E-state index in [9.17, 15) is 4.79 Å². The summed E-state index contributed by atoms with van der Waals surface area (Å²) >= 11 is 0. The van der Waals surface area contributed by atoms with Crippen LogP contribution in [0.2, 0.25) is 0 Å². The van der Waals surface area contributed by atoms with Gasteiger partial charge in [-0.1, -0.05) is 6.07 Å². The van der Waals surface area contributed by atoms with Crippen LogP contribution in [0.3, 0.4) is 0 Å². The van der Waals surface area contributed by atoms with Gasteiger partial charge in [0.15, 0.2) is 11.5 Å². The Kier molecular flexibility index (Phi) is 7.76. The van der Waals surface area contributed by atoms with E-state index in [1.807, 2.05) is 49.4 Å². The van der Waals surface area contributed by atoms with E-state index in [1.165, 1.54) is 0 Å². The summed E-state index contributed by atoms with van der Waals surface area (Å²) in [6.07, 6.45) is 0.788. The lowest BCUT2D eigenvalue weighted by molar-refractivity contribution is -0.115. The molecule has 0 heterocycles. The summed E-state index contributed by atoms with van der Waals surface area (Å²) < 4.78 is 15.9. The first-order chi connectivity index (χ1) is 12.7. The fraction of sp³-hybridized carbons (Fsp3) is 0.350. The van der Waals surface area contributed by atoms with Crippen molar-refractivity contribution in [3.05, 3.63) is 48.0 Å². The molecule has 0 aliphatic heterocycles. The molecule has 2 N–H and O–H groups in total. The van der Waals surface area contributed by atoms with Gasteiger partial charge in [0.2, 0.25) is 5.91 Å². The number of hydrogen-bond acceptors (Lipinski definition) is 5. The second kappa shape index (κ2) is 10.3. The van der Waals surface area contributed by atoms with Crippen LogP contribution in [0.1, 0.15) is 12.5 Å². The Labute approximate surface area is 154 Å². The molecule has 6 heteroatoms. The Bertz CT molecular complexity index is 701. The van der Waals surface area contributed by atoms with E-state index in [0.29, 0.717) is 24.7 Å². The molecule has 0 atom stereocenters. The number of methoxy groups -OCH3 is 2. The number of anilines is 1. The molecule has 0 fully saturated rings. The first-order valence-electron chi connectivity index (χ1n) is 8.60. The quantitative estimate of drug-likeness (QED) is 0.639. The number of rotatable bonds is 10. The zero-order chi connectivity index (χ0) is 18.8. The van der Waals surface area contributed by atoms with E-state index in [1.54, 1.807) is 14.2 Å². The second-order valence-electron chi connectivity index (χ2n) is 5.62. The van der Waals surface area contributed by atoms with E-state index in [-0.39, 0.29) is 12.5 Å². The molecule has 0 radical (unpaired) electrons. The lowest BCUT2D eigenvalue weighted by Gasteiger charge is -2.10. The zero-order valence-corrected chi connectivity index (χ0v) is 15.5. The molecule has 0 spiro atoms. The third kappa shape index (κ3) is 5.97. The predicted octanol–water partition coefficient (Wildman–Crippen LogP) is 2.87. The van der Waals surface area contributed by atoms with Crippen LogP contribution in [0.4, 0.5) is 5.69 Å². The molecule has 0 aliphatic carbocycles. The van der Waals surface area contributed by atoms with Crippen LogP contribution in [-0.4, -0.2) is 39.8 Å². The molecule has 2 rings (SSSR count). The van der Waals surface area contributed by atoms with Gasteiger partial charge >= 0.3 is 0 Å². The van der Waals surface area contributed by atoms with Gasteiger partial charge in [-0.05, 0) is 61.9 Å². The van der Waals surface area contributed by atoms with Crippen molar-refractivity contribution in [1.82, 2.24) is 5.32 Å². The van der Waals surface area contributed by atoms with Crippen LogP contribution in [0.25, 0.3) is 0 Å². The molecule has 6 nitrogen and oxygen atoms in total. The molecule has 0 saturated carbocycles. The third-order valence-corrected chi connectivity index (χ3v) is 3.77. The monoisotopic (exact) mass is 358 g/mol. The van der Waals surface area contributed by atoms with E-state index < -0.39 is 0 Å². The van der Waals surface area contributed by atoms with Crippen molar-refractivity contribution in [2.45, 2.75) is 13.3 Å². The van der Waals surface area contributed by atoms with Crippen LogP contribution in [0.5, 0.6) is 17.2 Å². The summed E-state index contributed by atoms with van der Waals surface area (Å²) in [4.78, 5) is 12.0. The van der Waals surface area contributed by atoms with Crippen LogP contribution < -0.4 is 24.8 Å². The molecule has 0 saturated heterocycles. The van der Waals surface area contributed by atoms with Gasteiger partial charge in [0.25, 0.3) is 0 Å². The number of amides is 1. The van der Waals surface area contributed by atoms with Crippen molar-refractivity contribution in [3.63, 3.8) is 0 Å². The number of nitrogens with one attached hydrogen (secondary N) is 2. The SMILES string of the molecule is CCOc1ccc(NC(=O)CNCCc2ccc(OC)c(OC)c2)cc1. The van der Waals surface area contributed by atoms with E-state index in [2.05, 4.69) is 10.6 Å². The van der Waals surface area contributed by atoms with Crippen molar-refractivity contribution in [3.8, 4) is 17.2 Å². The van der Waals surface area contributed by atoms with Gasteiger partial charge in [0.1, 0.15) is 5.75 Å². The molecule has 0 bridgehead atoms. The predicted molar refractivity (Wildman–Crippen MR) is 102 cm³/mol. The van der Waals surface area contributed by atoms with Gasteiger partial charge in [0, 0.05) is 5.69 Å². The second-order valence-corrected chi connectivity index (χ2v) is 5.62. The lowest BCUT2D eigenvalue weighted by Crippen LogP contribution is -2.29. The fourth-order valence-electron chi connectivity index (χ4n) is 2.48. The summed E-state index contributed by atoms with van der Waals surface area (Å²) in [5.74, 6) is 2.12. The van der Waals surface area contributed by atoms with Gasteiger partial charge in [-0.25, -0.2) is 0 Å².